The van der Waals surface area contributed by atoms with E-state index < -0.39 is 11.7 Å². The summed E-state index contributed by atoms with van der Waals surface area (Å²) in [4.78, 5) is 17.0. The van der Waals surface area contributed by atoms with Gasteiger partial charge >= 0.3 is 6.18 Å². The summed E-state index contributed by atoms with van der Waals surface area (Å²) >= 11 is 1.22. The largest absolute Gasteiger partial charge is 0.416 e. The zero-order valence-electron chi connectivity index (χ0n) is 15.0. The third kappa shape index (κ3) is 4.51. The molecule has 1 fully saturated rings. The van der Waals surface area contributed by atoms with Crippen molar-refractivity contribution in [3.63, 3.8) is 0 Å². The Labute approximate surface area is 169 Å². The number of alkyl halides is 3. The van der Waals surface area contributed by atoms with Gasteiger partial charge in [0.25, 0.3) is 5.91 Å². The van der Waals surface area contributed by atoms with Crippen molar-refractivity contribution in [2.45, 2.75) is 12.7 Å². The molecule has 0 atom stereocenters. The van der Waals surface area contributed by atoms with Crippen molar-refractivity contribution in [2.75, 3.05) is 0 Å². The number of hydrogen-bond donors (Lipinski definition) is 1. The number of carbonyl (C=O) groups is 1. The van der Waals surface area contributed by atoms with Crippen LogP contribution in [0.1, 0.15) is 16.7 Å². The summed E-state index contributed by atoms with van der Waals surface area (Å²) < 4.78 is 37.9. The maximum absolute atomic E-state index is 12.6. The average molecular weight is 412 g/mol. The number of hydrogen-bond acceptors (Lipinski definition) is 3. The second-order valence-corrected chi connectivity index (χ2v) is 7.52. The van der Waals surface area contributed by atoms with Crippen LogP contribution in [0, 0.1) is 0 Å². The maximum Gasteiger partial charge on any atom is 0.416 e. The quantitative estimate of drug-likeness (QED) is 0.568. The SMILES string of the molecule is O=C1NC(=NCc2ccc(C(F)(F)F)cc2)SC1=Cc1ccc2ccccc2c1. The van der Waals surface area contributed by atoms with Crippen molar-refractivity contribution < 1.29 is 18.0 Å². The molecule has 1 saturated heterocycles. The summed E-state index contributed by atoms with van der Waals surface area (Å²) in [6.45, 7) is 0.185. The fourth-order valence-electron chi connectivity index (χ4n) is 2.91. The number of thioether (sulfide) groups is 1. The summed E-state index contributed by atoms with van der Waals surface area (Å²) in [5.41, 5.74) is 0.843. The Morgan fingerprint density at radius 3 is 2.41 bits per heavy atom. The molecule has 0 unspecified atom stereocenters. The van der Waals surface area contributed by atoms with Crippen LogP contribution in [0.3, 0.4) is 0 Å². The van der Waals surface area contributed by atoms with Crippen molar-refractivity contribution in [1.29, 1.82) is 0 Å². The van der Waals surface area contributed by atoms with Crippen molar-refractivity contribution in [3.05, 3.63) is 88.3 Å². The lowest BCUT2D eigenvalue weighted by molar-refractivity contribution is -0.137. The number of nitrogens with zero attached hydrogens (tertiary/aromatic N) is 1. The molecule has 3 aromatic carbocycles. The average Bonchev–Trinajstić information content (AvgIpc) is 3.05. The first-order valence-corrected chi connectivity index (χ1v) is 9.60. The van der Waals surface area contributed by atoms with E-state index in [-0.39, 0.29) is 12.5 Å². The number of fused-ring (bicyclic) bond motifs is 1. The van der Waals surface area contributed by atoms with Crippen molar-refractivity contribution in [2.24, 2.45) is 4.99 Å². The number of halogens is 3. The second kappa shape index (κ2) is 7.75. The smallest absolute Gasteiger partial charge is 0.301 e. The number of nitrogens with one attached hydrogen (secondary N) is 1. The molecule has 0 aliphatic carbocycles. The monoisotopic (exact) mass is 412 g/mol. The van der Waals surface area contributed by atoms with Gasteiger partial charge < -0.3 is 5.32 Å². The van der Waals surface area contributed by atoms with Gasteiger partial charge in [-0.2, -0.15) is 13.2 Å². The molecule has 0 spiro atoms. The minimum Gasteiger partial charge on any atom is -0.301 e. The van der Waals surface area contributed by atoms with Gasteiger partial charge in [0.15, 0.2) is 5.17 Å². The lowest BCUT2D eigenvalue weighted by atomic mass is 10.1. The van der Waals surface area contributed by atoms with Crippen LogP contribution in [-0.2, 0) is 17.5 Å². The van der Waals surface area contributed by atoms with E-state index in [9.17, 15) is 18.0 Å². The van der Waals surface area contributed by atoms with Gasteiger partial charge in [-0.15, -0.1) is 0 Å². The van der Waals surface area contributed by atoms with Crippen molar-refractivity contribution in [1.82, 2.24) is 5.32 Å². The zero-order valence-corrected chi connectivity index (χ0v) is 15.8. The second-order valence-electron chi connectivity index (χ2n) is 6.49. The highest BCUT2D eigenvalue weighted by atomic mass is 32.2. The van der Waals surface area contributed by atoms with Crippen LogP contribution >= 0.6 is 11.8 Å². The molecular formula is C22H15F3N2OS. The van der Waals surface area contributed by atoms with E-state index >= 15 is 0 Å². The van der Waals surface area contributed by atoms with Crippen LogP contribution in [-0.4, -0.2) is 11.1 Å². The molecule has 1 N–H and O–H groups in total. The maximum atomic E-state index is 12.6. The molecule has 1 aliphatic heterocycles. The summed E-state index contributed by atoms with van der Waals surface area (Å²) in [6, 6.07) is 18.8. The molecule has 3 nitrogen and oxygen atoms in total. The Balaban J connectivity index is 1.47. The molecule has 146 valence electrons. The Kier molecular flexibility index (Phi) is 5.15. The van der Waals surface area contributed by atoms with Gasteiger partial charge in [-0.05, 0) is 57.9 Å². The minimum atomic E-state index is -4.36. The van der Waals surface area contributed by atoms with Crippen LogP contribution in [0.25, 0.3) is 16.8 Å². The standard InChI is InChI=1S/C22H15F3N2OS/c23-22(24,25)18-9-6-14(7-10-18)13-26-21-27-20(28)19(29-21)12-15-5-8-16-3-1-2-4-17(16)11-15/h1-12H,13H2,(H,26,27,28). The predicted molar refractivity (Wildman–Crippen MR) is 110 cm³/mol. The highest BCUT2D eigenvalue weighted by Crippen LogP contribution is 2.30. The Morgan fingerprint density at radius 1 is 0.966 bits per heavy atom. The van der Waals surface area contributed by atoms with Gasteiger partial charge in [0, 0.05) is 0 Å². The summed E-state index contributed by atoms with van der Waals surface area (Å²) in [7, 11) is 0. The van der Waals surface area contributed by atoms with Crippen molar-refractivity contribution >= 4 is 39.7 Å². The van der Waals surface area contributed by atoms with Gasteiger partial charge in [0.2, 0.25) is 0 Å². The zero-order chi connectivity index (χ0) is 20.4. The molecule has 0 bridgehead atoms. The molecule has 0 aromatic heterocycles. The van der Waals surface area contributed by atoms with Gasteiger partial charge in [0.05, 0.1) is 17.0 Å². The number of benzene rings is 3. The number of amides is 1. The van der Waals surface area contributed by atoms with Gasteiger partial charge in [-0.25, -0.2) is 0 Å². The fraction of sp³-hybridized carbons (Fsp3) is 0.0909. The summed E-state index contributed by atoms with van der Waals surface area (Å²) in [6.07, 6.45) is -2.56. The van der Waals surface area contributed by atoms with E-state index in [1.807, 2.05) is 42.5 Å². The third-order valence-electron chi connectivity index (χ3n) is 4.41. The van der Waals surface area contributed by atoms with Gasteiger partial charge in [-0.3, -0.25) is 9.79 Å². The number of rotatable bonds is 3. The highest BCUT2D eigenvalue weighted by Gasteiger charge is 2.30. The highest BCUT2D eigenvalue weighted by molar-refractivity contribution is 8.18. The molecule has 4 rings (SSSR count). The molecule has 29 heavy (non-hydrogen) atoms. The topological polar surface area (TPSA) is 41.5 Å². The molecular weight excluding hydrogens is 397 g/mol. The molecule has 1 heterocycles. The number of aliphatic imine (C=N–C) groups is 1. The molecule has 1 amide bonds. The van der Waals surface area contributed by atoms with Crippen LogP contribution in [0.15, 0.2) is 76.6 Å². The van der Waals surface area contributed by atoms with E-state index in [0.717, 1.165) is 28.5 Å². The Hall–Kier alpha value is -3.06. The van der Waals surface area contributed by atoms with E-state index in [1.165, 1.54) is 23.9 Å². The van der Waals surface area contributed by atoms with Crippen LogP contribution in [0.4, 0.5) is 13.2 Å². The Morgan fingerprint density at radius 2 is 1.69 bits per heavy atom. The van der Waals surface area contributed by atoms with Crippen LogP contribution in [0.5, 0.6) is 0 Å². The van der Waals surface area contributed by atoms with Gasteiger partial charge in [-0.1, -0.05) is 48.5 Å². The minimum absolute atomic E-state index is 0.185. The van der Waals surface area contributed by atoms with Crippen molar-refractivity contribution in [3.8, 4) is 0 Å². The summed E-state index contributed by atoms with van der Waals surface area (Å²) in [5, 5.41) is 5.33. The molecule has 0 radical (unpaired) electrons. The van der Waals surface area contributed by atoms with Gasteiger partial charge in [0.1, 0.15) is 0 Å². The first-order valence-electron chi connectivity index (χ1n) is 8.79. The molecule has 0 saturated carbocycles. The Bertz CT molecular complexity index is 1130. The predicted octanol–water partition coefficient (Wildman–Crippen LogP) is 5.62. The lowest BCUT2D eigenvalue weighted by Crippen LogP contribution is -2.19. The first kappa shape index (κ1) is 19.3. The fourth-order valence-corrected chi connectivity index (χ4v) is 3.73. The van der Waals surface area contributed by atoms with Crippen LogP contribution in [0.2, 0.25) is 0 Å². The third-order valence-corrected chi connectivity index (χ3v) is 5.36. The summed E-state index contributed by atoms with van der Waals surface area (Å²) in [5.74, 6) is -0.241. The van der Waals surface area contributed by atoms with E-state index in [2.05, 4.69) is 10.3 Å². The van der Waals surface area contributed by atoms with E-state index in [1.54, 1.807) is 6.08 Å². The number of amidine groups is 1. The first-order chi connectivity index (χ1) is 13.9. The lowest BCUT2D eigenvalue weighted by Gasteiger charge is -2.06. The van der Waals surface area contributed by atoms with E-state index in [0.29, 0.717) is 15.6 Å². The van der Waals surface area contributed by atoms with Crippen LogP contribution < -0.4 is 5.32 Å². The number of carbonyl (C=O) groups excluding carboxylic acids is 1. The molecule has 3 aromatic rings. The normalized spacial score (nSPS) is 17.3. The van der Waals surface area contributed by atoms with E-state index in [4.69, 9.17) is 0 Å². The molecule has 7 heteroatoms. The molecule has 1 aliphatic rings.